The minimum atomic E-state index is -0.583. The molecule has 25 heavy (non-hydrogen) atoms. The van der Waals surface area contributed by atoms with Crippen molar-refractivity contribution < 1.29 is 23.9 Å². The smallest absolute Gasteiger partial charge is 0.414 e. The highest BCUT2D eigenvalue weighted by Gasteiger charge is 2.33. The number of allylic oxidation sites excluding steroid dienone is 1. The van der Waals surface area contributed by atoms with Gasteiger partial charge in [0.25, 0.3) is 5.12 Å². The summed E-state index contributed by atoms with van der Waals surface area (Å²) < 4.78 is 5.22. The van der Waals surface area contributed by atoms with E-state index in [4.69, 9.17) is 4.74 Å². The number of anilines is 1. The van der Waals surface area contributed by atoms with Gasteiger partial charge in [0.2, 0.25) is 11.7 Å². The lowest BCUT2D eigenvalue weighted by Gasteiger charge is -2.17. The number of ketones is 1. The molecule has 8 heteroatoms. The van der Waals surface area contributed by atoms with E-state index in [1.807, 2.05) is 0 Å². The summed E-state index contributed by atoms with van der Waals surface area (Å²) in [6.45, 7) is 1.99. The molecule has 1 N–H and O–H groups in total. The lowest BCUT2D eigenvalue weighted by molar-refractivity contribution is -0.132. The van der Waals surface area contributed by atoms with Crippen molar-refractivity contribution in [3.05, 3.63) is 41.3 Å². The van der Waals surface area contributed by atoms with Crippen LogP contribution < -0.4 is 10.2 Å². The summed E-state index contributed by atoms with van der Waals surface area (Å²) in [5.74, 6) is -1.21. The lowest BCUT2D eigenvalue weighted by Crippen LogP contribution is -2.33. The van der Waals surface area contributed by atoms with Gasteiger partial charge in [-0.05, 0) is 23.1 Å². The maximum atomic E-state index is 12.0. The quantitative estimate of drug-likeness (QED) is 0.820. The molecule has 1 saturated heterocycles. The van der Waals surface area contributed by atoms with Gasteiger partial charge in [0.1, 0.15) is 6.10 Å². The third-order valence-electron chi connectivity index (χ3n) is 3.95. The number of carbonyl (C=O) groups excluding carboxylic acids is 4. The second-order valence-electron chi connectivity index (χ2n) is 5.72. The van der Waals surface area contributed by atoms with Crippen LogP contribution in [0.5, 0.6) is 0 Å². The number of amides is 2. The highest BCUT2D eigenvalue weighted by molar-refractivity contribution is 8.18. The van der Waals surface area contributed by atoms with E-state index in [0.717, 1.165) is 11.8 Å². The standard InChI is InChI=1S/C17H16N2O5S/c1-10(20)18-8-13-9-19(17(23)24-13)12-4-2-11(3-5-12)14-6-7-25-16(22)15(14)21/h2-7,13-14H,8-9H2,1H3,(H,18,20)/t13-,14?/m0/s1. The van der Waals surface area contributed by atoms with E-state index < -0.39 is 29.0 Å². The first-order chi connectivity index (χ1) is 12.0. The van der Waals surface area contributed by atoms with E-state index >= 15 is 0 Å². The number of benzene rings is 1. The largest absolute Gasteiger partial charge is 0.442 e. The van der Waals surface area contributed by atoms with Crippen LogP contribution in [0.15, 0.2) is 35.7 Å². The first kappa shape index (κ1) is 17.2. The highest BCUT2D eigenvalue weighted by atomic mass is 32.2. The third kappa shape index (κ3) is 3.74. The van der Waals surface area contributed by atoms with Crippen LogP contribution in [0, 0.1) is 0 Å². The fourth-order valence-corrected chi connectivity index (χ4v) is 3.27. The minimum absolute atomic E-state index is 0.184. The number of Topliss-reactive ketones (excluding diaryl/α,β-unsaturated/α-hetero) is 1. The summed E-state index contributed by atoms with van der Waals surface area (Å²) in [6, 6.07) is 6.87. The number of nitrogens with zero attached hydrogens (tertiary/aromatic N) is 1. The fraction of sp³-hybridized carbons (Fsp3) is 0.294. The summed E-state index contributed by atoms with van der Waals surface area (Å²) in [5.41, 5.74) is 1.33. The van der Waals surface area contributed by atoms with Crippen LogP contribution in [-0.2, 0) is 19.1 Å². The van der Waals surface area contributed by atoms with Gasteiger partial charge in [-0.25, -0.2) is 4.79 Å². The molecule has 0 aliphatic carbocycles. The molecule has 1 unspecified atom stereocenters. The van der Waals surface area contributed by atoms with E-state index in [1.54, 1.807) is 35.7 Å². The molecule has 1 aromatic carbocycles. The van der Waals surface area contributed by atoms with Crippen LogP contribution in [0.2, 0.25) is 0 Å². The van der Waals surface area contributed by atoms with Gasteiger partial charge in [-0.3, -0.25) is 19.3 Å². The van der Waals surface area contributed by atoms with Crippen molar-refractivity contribution in [2.45, 2.75) is 18.9 Å². The number of hydrogen-bond donors (Lipinski definition) is 1. The second kappa shape index (κ2) is 7.10. The van der Waals surface area contributed by atoms with Crippen LogP contribution in [0.25, 0.3) is 0 Å². The summed E-state index contributed by atoms with van der Waals surface area (Å²) in [5, 5.41) is 3.77. The van der Waals surface area contributed by atoms with Gasteiger partial charge < -0.3 is 10.1 Å². The topological polar surface area (TPSA) is 92.8 Å². The second-order valence-corrected chi connectivity index (χ2v) is 6.60. The average molecular weight is 360 g/mol. The molecule has 3 rings (SSSR count). The Morgan fingerprint density at radius 2 is 2.00 bits per heavy atom. The molecule has 7 nitrogen and oxygen atoms in total. The monoisotopic (exact) mass is 360 g/mol. The highest BCUT2D eigenvalue weighted by Crippen LogP contribution is 2.29. The van der Waals surface area contributed by atoms with Crippen LogP contribution in [-0.4, -0.2) is 42.1 Å². The molecule has 2 atom stereocenters. The predicted octanol–water partition coefficient (Wildman–Crippen LogP) is 1.59. The molecular weight excluding hydrogens is 344 g/mol. The van der Waals surface area contributed by atoms with E-state index in [-0.39, 0.29) is 12.5 Å². The minimum Gasteiger partial charge on any atom is -0.442 e. The summed E-state index contributed by atoms with van der Waals surface area (Å²) in [4.78, 5) is 47.9. The van der Waals surface area contributed by atoms with Crippen LogP contribution in [0.4, 0.5) is 10.5 Å². The van der Waals surface area contributed by atoms with Crippen LogP contribution in [0.1, 0.15) is 18.4 Å². The lowest BCUT2D eigenvalue weighted by atomic mass is 9.95. The number of rotatable bonds is 4. The Balaban J connectivity index is 1.70. The van der Waals surface area contributed by atoms with Gasteiger partial charge in [-0.2, -0.15) is 0 Å². The van der Waals surface area contributed by atoms with E-state index in [9.17, 15) is 19.2 Å². The molecule has 0 bridgehead atoms. The normalized spacial score (nSPS) is 22.9. The van der Waals surface area contributed by atoms with Crippen molar-refractivity contribution in [3.63, 3.8) is 0 Å². The molecule has 1 fully saturated rings. The number of ether oxygens (including phenoxy) is 1. The van der Waals surface area contributed by atoms with Crippen molar-refractivity contribution in [3.8, 4) is 0 Å². The Morgan fingerprint density at radius 1 is 1.28 bits per heavy atom. The van der Waals surface area contributed by atoms with E-state index in [0.29, 0.717) is 17.8 Å². The molecule has 1 aromatic rings. The van der Waals surface area contributed by atoms with Gasteiger partial charge in [-0.1, -0.05) is 30.0 Å². The van der Waals surface area contributed by atoms with Crippen molar-refractivity contribution in [1.82, 2.24) is 5.32 Å². The molecular formula is C17H16N2O5S. The Bertz CT molecular complexity index is 759. The summed E-state index contributed by atoms with van der Waals surface area (Å²) >= 11 is 0.887. The Morgan fingerprint density at radius 3 is 2.68 bits per heavy atom. The predicted molar refractivity (Wildman–Crippen MR) is 92.2 cm³/mol. The molecule has 2 amide bonds. The number of thioether (sulfide) groups is 1. The number of carbonyl (C=O) groups is 4. The van der Waals surface area contributed by atoms with Gasteiger partial charge in [0.05, 0.1) is 19.0 Å². The third-order valence-corrected chi connectivity index (χ3v) is 4.65. The molecule has 0 aromatic heterocycles. The zero-order valence-electron chi connectivity index (χ0n) is 13.4. The molecule has 0 spiro atoms. The Hall–Kier alpha value is -2.61. The molecule has 0 radical (unpaired) electrons. The first-order valence-corrected chi connectivity index (χ1v) is 8.57. The van der Waals surface area contributed by atoms with Crippen molar-refractivity contribution in [2.24, 2.45) is 0 Å². The van der Waals surface area contributed by atoms with Gasteiger partial charge >= 0.3 is 6.09 Å². The van der Waals surface area contributed by atoms with Gasteiger partial charge in [0, 0.05) is 12.6 Å². The zero-order chi connectivity index (χ0) is 18.0. The SMILES string of the molecule is CC(=O)NC[C@H]1CN(c2ccc(C3C=CSC(=O)C3=O)cc2)C(=O)O1. The van der Waals surface area contributed by atoms with Crippen molar-refractivity contribution in [2.75, 3.05) is 18.0 Å². The fourth-order valence-electron chi connectivity index (χ4n) is 2.67. The van der Waals surface area contributed by atoms with E-state index in [1.165, 1.54) is 11.8 Å². The molecule has 0 saturated carbocycles. The van der Waals surface area contributed by atoms with Crippen molar-refractivity contribution in [1.29, 1.82) is 0 Å². The molecule has 2 aliphatic heterocycles. The van der Waals surface area contributed by atoms with Gasteiger partial charge in [0.15, 0.2) is 0 Å². The van der Waals surface area contributed by atoms with E-state index in [2.05, 4.69) is 5.32 Å². The maximum absolute atomic E-state index is 12.0. The van der Waals surface area contributed by atoms with Crippen LogP contribution >= 0.6 is 11.8 Å². The number of hydrogen-bond acceptors (Lipinski definition) is 6. The molecule has 130 valence electrons. The van der Waals surface area contributed by atoms with Crippen LogP contribution in [0.3, 0.4) is 0 Å². The molecule has 2 aliphatic rings. The zero-order valence-corrected chi connectivity index (χ0v) is 14.2. The van der Waals surface area contributed by atoms with Gasteiger partial charge in [-0.15, -0.1) is 0 Å². The van der Waals surface area contributed by atoms with Crippen molar-refractivity contribution >= 4 is 40.3 Å². The number of nitrogens with one attached hydrogen (secondary N) is 1. The number of cyclic esters (lactones) is 1. The summed E-state index contributed by atoms with van der Waals surface area (Å²) in [6.07, 6.45) is 0.800. The molecule has 2 heterocycles. The Labute approximate surface area is 148 Å². The maximum Gasteiger partial charge on any atom is 0.414 e. The first-order valence-electron chi connectivity index (χ1n) is 7.70. The average Bonchev–Trinajstić information content (AvgIpc) is 2.97. The summed E-state index contributed by atoms with van der Waals surface area (Å²) in [7, 11) is 0. The Kier molecular flexibility index (Phi) is 4.89.